The Hall–Kier alpha value is -1.48. The first kappa shape index (κ1) is 13.0. The van der Waals surface area contributed by atoms with Crippen molar-refractivity contribution >= 4 is 28.4 Å². The van der Waals surface area contributed by atoms with E-state index >= 15 is 0 Å². The van der Waals surface area contributed by atoms with E-state index in [1.165, 1.54) is 0 Å². The molecule has 0 aliphatic carbocycles. The predicted molar refractivity (Wildman–Crippen MR) is 74.8 cm³/mol. The van der Waals surface area contributed by atoms with Crippen molar-refractivity contribution in [1.29, 1.82) is 0 Å². The minimum atomic E-state index is -0.211. The van der Waals surface area contributed by atoms with Gasteiger partial charge in [0.05, 0.1) is 0 Å². The molecule has 1 aromatic heterocycles. The number of carbonyl (C=O) groups is 1. The quantitative estimate of drug-likeness (QED) is 0.888. The van der Waals surface area contributed by atoms with E-state index in [-0.39, 0.29) is 11.4 Å². The summed E-state index contributed by atoms with van der Waals surface area (Å²) in [6.07, 6.45) is 1.89. The SMILES string of the molecule is CC(C)(C)NC(=O)Cn1ccc2c(Cl)cccc21. The van der Waals surface area contributed by atoms with Gasteiger partial charge in [-0.15, -0.1) is 0 Å². The van der Waals surface area contributed by atoms with E-state index in [9.17, 15) is 4.79 Å². The predicted octanol–water partition coefficient (Wildman–Crippen LogP) is 3.21. The molecule has 0 atom stereocenters. The van der Waals surface area contributed by atoms with Crippen molar-refractivity contribution in [3.8, 4) is 0 Å². The molecule has 3 nitrogen and oxygen atoms in total. The van der Waals surface area contributed by atoms with Gasteiger partial charge in [0.1, 0.15) is 6.54 Å². The molecule has 0 saturated heterocycles. The van der Waals surface area contributed by atoms with Gasteiger partial charge in [0.15, 0.2) is 0 Å². The van der Waals surface area contributed by atoms with E-state index in [1.807, 2.05) is 55.8 Å². The first-order valence-corrected chi connectivity index (χ1v) is 6.29. The van der Waals surface area contributed by atoms with Gasteiger partial charge in [-0.3, -0.25) is 4.79 Å². The summed E-state index contributed by atoms with van der Waals surface area (Å²) in [5.74, 6) is -0.0000227. The maximum absolute atomic E-state index is 11.9. The number of aromatic nitrogens is 1. The highest BCUT2D eigenvalue weighted by molar-refractivity contribution is 6.35. The van der Waals surface area contributed by atoms with Gasteiger partial charge in [0.25, 0.3) is 0 Å². The Labute approximate surface area is 112 Å². The van der Waals surface area contributed by atoms with Crippen molar-refractivity contribution in [3.05, 3.63) is 35.5 Å². The second-order valence-corrected chi connectivity index (χ2v) is 5.82. The van der Waals surface area contributed by atoms with Crippen LogP contribution >= 0.6 is 11.6 Å². The fourth-order valence-corrected chi connectivity index (χ4v) is 2.17. The lowest BCUT2D eigenvalue weighted by Gasteiger charge is -2.20. The molecule has 1 heterocycles. The molecule has 1 amide bonds. The number of hydrogen-bond acceptors (Lipinski definition) is 1. The summed E-state index contributed by atoms with van der Waals surface area (Å²) in [5, 5.41) is 4.63. The fraction of sp³-hybridized carbons (Fsp3) is 0.357. The molecule has 1 aromatic carbocycles. The minimum absolute atomic E-state index is 0.0000227. The average molecular weight is 265 g/mol. The van der Waals surface area contributed by atoms with Crippen LogP contribution in [0.5, 0.6) is 0 Å². The molecule has 0 saturated carbocycles. The molecule has 0 radical (unpaired) electrons. The van der Waals surface area contributed by atoms with Gasteiger partial charge in [0, 0.05) is 27.7 Å². The van der Waals surface area contributed by atoms with Crippen LogP contribution in [0.4, 0.5) is 0 Å². The molecule has 1 N–H and O–H groups in total. The lowest BCUT2D eigenvalue weighted by molar-refractivity contribution is -0.123. The lowest BCUT2D eigenvalue weighted by atomic mass is 10.1. The molecular formula is C14H17ClN2O. The van der Waals surface area contributed by atoms with Gasteiger partial charge >= 0.3 is 0 Å². The van der Waals surface area contributed by atoms with E-state index in [1.54, 1.807) is 0 Å². The number of halogens is 1. The summed E-state index contributed by atoms with van der Waals surface area (Å²) in [7, 11) is 0. The zero-order chi connectivity index (χ0) is 13.3. The van der Waals surface area contributed by atoms with Crippen molar-refractivity contribution in [2.75, 3.05) is 0 Å². The molecule has 0 bridgehead atoms. The minimum Gasteiger partial charge on any atom is -0.350 e. The second-order valence-electron chi connectivity index (χ2n) is 5.41. The number of hydrogen-bond donors (Lipinski definition) is 1. The van der Waals surface area contributed by atoms with E-state index in [0.717, 1.165) is 10.9 Å². The Morgan fingerprint density at radius 2 is 2.06 bits per heavy atom. The zero-order valence-electron chi connectivity index (χ0n) is 10.8. The Bertz CT molecular complexity index is 581. The van der Waals surface area contributed by atoms with Crippen LogP contribution in [0.1, 0.15) is 20.8 Å². The van der Waals surface area contributed by atoms with Crippen molar-refractivity contribution in [1.82, 2.24) is 9.88 Å². The monoisotopic (exact) mass is 264 g/mol. The molecule has 96 valence electrons. The van der Waals surface area contributed by atoms with Crippen LogP contribution in [0.25, 0.3) is 10.9 Å². The van der Waals surface area contributed by atoms with E-state index in [0.29, 0.717) is 11.6 Å². The molecule has 4 heteroatoms. The Morgan fingerprint density at radius 1 is 1.33 bits per heavy atom. The number of benzene rings is 1. The summed E-state index contributed by atoms with van der Waals surface area (Å²) in [4.78, 5) is 11.9. The average Bonchev–Trinajstić information content (AvgIpc) is 2.60. The topological polar surface area (TPSA) is 34.0 Å². The first-order valence-electron chi connectivity index (χ1n) is 5.91. The van der Waals surface area contributed by atoms with Crippen LogP contribution in [0, 0.1) is 0 Å². The third kappa shape index (κ3) is 2.85. The third-order valence-electron chi connectivity index (χ3n) is 2.59. The van der Waals surface area contributed by atoms with Crippen molar-refractivity contribution in [2.45, 2.75) is 32.9 Å². The molecule has 2 rings (SSSR count). The second kappa shape index (κ2) is 4.65. The molecule has 0 fully saturated rings. The maximum Gasteiger partial charge on any atom is 0.240 e. The molecule has 0 aliphatic heterocycles. The van der Waals surface area contributed by atoms with Crippen LogP contribution in [0.15, 0.2) is 30.5 Å². The number of rotatable bonds is 2. The molecule has 18 heavy (non-hydrogen) atoms. The number of fused-ring (bicyclic) bond motifs is 1. The number of carbonyl (C=O) groups excluding carboxylic acids is 1. The van der Waals surface area contributed by atoms with Gasteiger partial charge in [0.2, 0.25) is 5.91 Å². The summed E-state index contributed by atoms with van der Waals surface area (Å²) < 4.78 is 1.91. The molecule has 0 spiro atoms. The first-order chi connectivity index (χ1) is 8.37. The van der Waals surface area contributed by atoms with Crippen LogP contribution in [-0.2, 0) is 11.3 Å². The third-order valence-corrected chi connectivity index (χ3v) is 2.92. The number of nitrogens with one attached hydrogen (secondary N) is 1. The van der Waals surface area contributed by atoms with Crippen molar-refractivity contribution < 1.29 is 4.79 Å². The number of nitrogens with zero attached hydrogens (tertiary/aromatic N) is 1. The molecule has 0 aliphatic rings. The molecule has 0 unspecified atom stereocenters. The van der Waals surface area contributed by atoms with Gasteiger partial charge in [-0.05, 0) is 39.0 Å². The van der Waals surface area contributed by atoms with Crippen molar-refractivity contribution in [3.63, 3.8) is 0 Å². The molecule has 2 aromatic rings. The van der Waals surface area contributed by atoms with Crippen molar-refractivity contribution in [2.24, 2.45) is 0 Å². The largest absolute Gasteiger partial charge is 0.350 e. The summed E-state index contributed by atoms with van der Waals surface area (Å²) in [6, 6.07) is 7.64. The smallest absolute Gasteiger partial charge is 0.240 e. The summed E-state index contributed by atoms with van der Waals surface area (Å²) >= 11 is 6.10. The maximum atomic E-state index is 11.9. The van der Waals surface area contributed by atoms with Gasteiger partial charge < -0.3 is 9.88 Å². The zero-order valence-corrected chi connectivity index (χ0v) is 11.6. The highest BCUT2D eigenvalue weighted by Gasteiger charge is 2.14. The standard InChI is InChI=1S/C14H17ClN2O/c1-14(2,3)16-13(18)9-17-8-7-10-11(15)5-4-6-12(10)17/h4-8H,9H2,1-3H3,(H,16,18). The normalized spacial score (nSPS) is 11.8. The van der Waals surface area contributed by atoms with Crippen LogP contribution < -0.4 is 5.32 Å². The Balaban J connectivity index is 2.23. The van der Waals surface area contributed by atoms with E-state index in [2.05, 4.69) is 5.32 Å². The highest BCUT2D eigenvalue weighted by atomic mass is 35.5. The lowest BCUT2D eigenvalue weighted by Crippen LogP contribution is -2.42. The Kier molecular flexibility index (Phi) is 3.35. The van der Waals surface area contributed by atoms with Crippen LogP contribution in [0.3, 0.4) is 0 Å². The van der Waals surface area contributed by atoms with Gasteiger partial charge in [-0.1, -0.05) is 17.7 Å². The van der Waals surface area contributed by atoms with Gasteiger partial charge in [-0.25, -0.2) is 0 Å². The summed E-state index contributed by atoms with van der Waals surface area (Å²) in [6.45, 7) is 6.21. The van der Waals surface area contributed by atoms with Crippen LogP contribution in [-0.4, -0.2) is 16.0 Å². The van der Waals surface area contributed by atoms with Gasteiger partial charge in [-0.2, -0.15) is 0 Å². The highest BCUT2D eigenvalue weighted by Crippen LogP contribution is 2.24. The van der Waals surface area contributed by atoms with E-state index in [4.69, 9.17) is 11.6 Å². The van der Waals surface area contributed by atoms with E-state index < -0.39 is 0 Å². The van der Waals surface area contributed by atoms with Crippen LogP contribution in [0.2, 0.25) is 5.02 Å². The fourth-order valence-electron chi connectivity index (χ4n) is 1.94. The Morgan fingerprint density at radius 3 is 2.72 bits per heavy atom. The molecular weight excluding hydrogens is 248 g/mol. The number of amides is 1. The summed E-state index contributed by atoms with van der Waals surface area (Å²) in [5.41, 5.74) is 0.768.